The summed E-state index contributed by atoms with van der Waals surface area (Å²) in [6.07, 6.45) is 1.79. The molecule has 0 saturated carbocycles. The van der Waals surface area contributed by atoms with Crippen LogP contribution in [0.2, 0.25) is 0 Å². The average Bonchev–Trinajstić information content (AvgIpc) is 2.23. The molecule has 2 nitrogen and oxygen atoms in total. The number of rotatable bonds is 1. The standard InChI is InChI=1S/C12H10INO/c1-9-5-6-10(13)11(8-9)14-7-3-2-4-12(14)15/h2-8H,1H3. The Balaban J connectivity index is 2.69. The fourth-order valence-electron chi connectivity index (χ4n) is 1.43. The van der Waals surface area contributed by atoms with E-state index in [1.807, 2.05) is 31.2 Å². The quantitative estimate of drug-likeness (QED) is 0.742. The largest absolute Gasteiger partial charge is 0.283 e. The lowest BCUT2D eigenvalue weighted by Gasteiger charge is -2.08. The van der Waals surface area contributed by atoms with Gasteiger partial charge in [0.15, 0.2) is 0 Å². The van der Waals surface area contributed by atoms with Crippen LogP contribution in [-0.2, 0) is 0 Å². The van der Waals surface area contributed by atoms with Crippen molar-refractivity contribution in [3.63, 3.8) is 0 Å². The Labute approximate surface area is 102 Å². The maximum atomic E-state index is 11.6. The third kappa shape index (κ3) is 2.12. The number of aromatic nitrogens is 1. The van der Waals surface area contributed by atoms with Gasteiger partial charge < -0.3 is 0 Å². The maximum Gasteiger partial charge on any atom is 0.255 e. The highest BCUT2D eigenvalue weighted by Gasteiger charge is 2.03. The maximum absolute atomic E-state index is 11.6. The van der Waals surface area contributed by atoms with E-state index in [1.54, 1.807) is 22.9 Å². The van der Waals surface area contributed by atoms with Crippen LogP contribution in [0, 0.1) is 10.5 Å². The van der Waals surface area contributed by atoms with Crippen LogP contribution in [0.15, 0.2) is 47.4 Å². The van der Waals surface area contributed by atoms with Crippen LogP contribution < -0.4 is 5.56 Å². The van der Waals surface area contributed by atoms with Crippen LogP contribution in [-0.4, -0.2) is 4.57 Å². The molecule has 76 valence electrons. The summed E-state index contributed by atoms with van der Waals surface area (Å²) in [7, 11) is 0. The molecule has 1 aromatic carbocycles. The fourth-order valence-corrected chi connectivity index (χ4v) is 2.03. The predicted molar refractivity (Wildman–Crippen MR) is 69.5 cm³/mol. The highest BCUT2D eigenvalue weighted by atomic mass is 127. The van der Waals surface area contributed by atoms with Crippen LogP contribution in [0.4, 0.5) is 0 Å². The van der Waals surface area contributed by atoms with E-state index < -0.39 is 0 Å². The molecule has 0 saturated heterocycles. The first kappa shape index (κ1) is 10.4. The second-order valence-electron chi connectivity index (χ2n) is 3.36. The van der Waals surface area contributed by atoms with Crippen molar-refractivity contribution in [2.75, 3.05) is 0 Å². The van der Waals surface area contributed by atoms with Crippen molar-refractivity contribution in [2.24, 2.45) is 0 Å². The van der Waals surface area contributed by atoms with E-state index in [1.165, 1.54) is 0 Å². The molecule has 0 N–H and O–H groups in total. The smallest absolute Gasteiger partial charge is 0.255 e. The van der Waals surface area contributed by atoms with E-state index in [9.17, 15) is 4.79 Å². The third-order valence-corrected chi connectivity index (χ3v) is 3.10. The van der Waals surface area contributed by atoms with Gasteiger partial charge in [0, 0.05) is 15.8 Å². The summed E-state index contributed by atoms with van der Waals surface area (Å²) >= 11 is 2.24. The van der Waals surface area contributed by atoms with Gasteiger partial charge in [-0.15, -0.1) is 0 Å². The SMILES string of the molecule is Cc1ccc(I)c(-n2ccccc2=O)c1. The molecule has 2 aromatic rings. The zero-order valence-electron chi connectivity index (χ0n) is 8.27. The second kappa shape index (κ2) is 4.18. The topological polar surface area (TPSA) is 22.0 Å². The summed E-state index contributed by atoms with van der Waals surface area (Å²) in [6.45, 7) is 2.02. The molecule has 0 atom stereocenters. The van der Waals surface area contributed by atoms with Crippen LogP contribution in [0.25, 0.3) is 5.69 Å². The molecule has 0 aliphatic carbocycles. The van der Waals surface area contributed by atoms with Gasteiger partial charge in [-0.1, -0.05) is 12.1 Å². The van der Waals surface area contributed by atoms with Crippen LogP contribution in [0.5, 0.6) is 0 Å². The summed E-state index contributed by atoms with van der Waals surface area (Å²) in [5.74, 6) is 0. The molecule has 0 fully saturated rings. The van der Waals surface area contributed by atoms with Gasteiger partial charge in [-0.3, -0.25) is 9.36 Å². The van der Waals surface area contributed by atoms with Gasteiger partial charge in [-0.05, 0) is 53.3 Å². The monoisotopic (exact) mass is 311 g/mol. The lowest BCUT2D eigenvalue weighted by molar-refractivity contribution is 0.981. The first-order chi connectivity index (χ1) is 7.18. The molecule has 0 radical (unpaired) electrons. The number of aryl methyl sites for hydroxylation is 1. The minimum absolute atomic E-state index is 0.000941. The molecule has 0 bridgehead atoms. The molecule has 1 heterocycles. The van der Waals surface area contributed by atoms with E-state index in [0.717, 1.165) is 14.8 Å². The van der Waals surface area contributed by atoms with Gasteiger partial charge in [-0.25, -0.2) is 0 Å². The van der Waals surface area contributed by atoms with E-state index in [4.69, 9.17) is 0 Å². The summed E-state index contributed by atoms with van der Waals surface area (Å²) < 4.78 is 2.74. The molecule has 0 spiro atoms. The normalized spacial score (nSPS) is 10.3. The van der Waals surface area contributed by atoms with Gasteiger partial charge in [0.25, 0.3) is 5.56 Å². The first-order valence-electron chi connectivity index (χ1n) is 4.63. The van der Waals surface area contributed by atoms with Gasteiger partial charge in [-0.2, -0.15) is 0 Å². The third-order valence-electron chi connectivity index (χ3n) is 2.18. The van der Waals surface area contributed by atoms with E-state index in [2.05, 4.69) is 22.6 Å². The van der Waals surface area contributed by atoms with Crippen molar-refractivity contribution in [1.82, 2.24) is 4.57 Å². The summed E-state index contributed by atoms with van der Waals surface area (Å²) in [5, 5.41) is 0. The number of hydrogen-bond acceptors (Lipinski definition) is 1. The van der Waals surface area contributed by atoms with E-state index >= 15 is 0 Å². The fraction of sp³-hybridized carbons (Fsp3) is 0.0833. The number of halogens is 1. The predicted octanol–water partition coefficient (Wildman–Crippen LogP) is 2.75. The van der Waals surface area contributed by atoms with Crippen molar-refractivity contribution in [1.29, 1.82) is 0 Å². The van der Waals surface area contributed by atoms with Crippen LogP contribution in [0.1, 0.15) is 5.56 Å². The number of nitrogens with zero attached hydrogens (tertiary/aromatic N) is 1. The van der Waals surface area contributed by atoms with E-state index in [0.29, 0.717) is 0 Å². The minimum atomic E-state index is 0.000941. The van der Waals surface area contributed by atoms with Gasteiger partial charge in [0.1, 0.15) is 0 Å². The Morgan fingerprint density at radius 2 is 2.00 bits per heavy atom. The van der Waals surface area contributed by atoms with Crippen molar-refractivity contribution in [2.45, 2.75) is 6.92 Å². The Morgan fingerprint density at radius 3 is 2.73 bits per heavy atom. The van der Waals surface area contributed by atoms with Crippen molar-refractivity contribution in [3.8, 4) is 5.69 Å². The molecule has 1 aromatic heterocycles. The van der Waals surface area contributed by atoms with Crippen LogP contribution in [0.3, 0.4) is 0 Å². The molecule has 0 amide bonds. The molecular formula is C12H10INO. The zero-order valence-corrected chi connectivity index (χ0v) is 10.4. The average molecular weight is 311 g/mol. The van der Waals surface area contributed by atoms with Crippen LogP contribution >= 0.6 is 22.6 Å². The molecular weight excluding hydrogens is 301 g/mol. The Bertz CT molecular complexity index is 545. The molecule has 0 aliphatic rings. The highest BCUT2D eigenvalue weighted by molar-refractivity contribution is 14.1. The highest BCUT2D eigenvalue weighted by Crippen LogP contribution is 2.16. The summed E-state index contributed by atoms with van der Waals surface area (Å²) in [6, 6.07) is 11.3. The van der Waals surface area contributed by atoms with Gasteiger partial charge in [0.2, 0.25) is 0 Å². The lowest BCUT2D eigenvalue weighted by Crippen LogP contribution is -2.16. The first-order valence-corrected chi connectivity index (χ1v) is 5.70. The minimum Gasteiger partial charge on any atom is -0.283 e. The zero-order chi connectivity index (χ0) is 10.8. The Morgan fingerprint density at radius 1 is 1.20 bits per heavy atom. The Kier molecular flexibility index (Phi) is 2.90. The van der Waals surface area contributed by atoms with Crippen molar-refractivity contribution >= 4 is 22.6 Å². The Hall–Kier alpha value is -1.10. The molecule has 3 heteroatoms. The summed E-state index contributed by atoms with van der Waals surface area (Å²) in [4.78, 5) is 11.6. The van der Waals surface area contributed by atoms with Gasteiger partial charge in [0.05, 0.1) is 5.69 Å². The molecule has 0 aliphatic heterocycles. The second-order valence-corrected chi connectivity index (χ2v) is 4.53. The number of hydrogen-bond donors (Lipinski definition) is 0. The molecule has 0 unspecified atom stereocenters. The number of benzene rings is 1. The van der Waals surface area contributed by atoms with Crippen molar-refractivity contribution in [3.05, 3.63) is 62.1 Å². The van der Waals surface area contributed by atoms with Gasteiger partial charge >= 0.3 is 0 Å². The van der Waals surface area contributed by atoms with Crippen molar-refractivity contribution < 1.29 is 0 Å². The summed E-state index contributed by atoms with van der Waals surface area (Å²) in [5.41, 5.74) is 2.10. The number of pyridine rings is 1. The lowest BCUT2D eigenvalue weighted by atomic mass is 10.2. The molecule has 2 rings (SSSR count). The molecule has 15 heavy (non-hydrogen) atoms. The van der Waals surface area contributed by atoms with E-state index in [-0.39, 0.29) is 5.56 Å².